The summed E-state index contributed by atoms with van der Waals surface area (Å²) in [6.45, 7) is 0.561. The van der Waals surface area contributed by atoms with Gasteiger partial charge < -0.3 is 4.84 Å². The Morgan fingerprint density at radius 2 is 1.86 bits per heavy atom. The quantitative estimate of drug-likeness (QED) is 0.418. The molecule has 0 unspecified atom stereocenters. The molecule has 6 heteroatoms. The zero-order valence-corrected chi connectivity index (χ0v) is 13.3. The maximum absolute atomic E-state index is 5.53. The van der Waals surface area contributed by atoms with Gasteiger partial charge in [0.15, 0.2) is 6.73 Å². The van der Waals surface area contributed by atoms with Crippen molar-refractivity contribution in [2.24, 2.45) is 5.16 Å². The van der Waals surface area contributed by atoms with Gasteiger partial charge in [-0.3, -0.25) is 4.84 Å². The number of oxime groups is 1. The van der Waals surface area contributed by atoms with E-state index in [1.807, 2.05) is 24.3 Å². The molecule has 1 saturated carbocycles. The lowest BCUT2D eigenvalue weighted by Crippen LogP contribution is -2.25. The predicted molar refractivity (Wildman–Crippen MR) is 84.2 cm³/mol. The Morgan fingerprint density at radius 3 is 2.59 bits per heavy atom. The summed E-state index contributed by atoms with van der Waals surface area (Å²) in [7, 11) is 3.04. The fourth-order valence-corrected chi connectivity index (χ4v) is 2.44. The van der Waals surface area contributed by atoms with Gasteiger partial charge in [-0.2, -0.15) is 0 Å². The Hall–Kier alpha value is -1.63. The van der Waals surface area contributed by atoms with Gasteiger partial charge in [-0.25, -0.2) is 14.8 Å². The van der Waals surface area contributed by atoms with Crippen molar-refractivity contribution < 1.29 is 19.5 Å². The van der Waals surface area contributed by atoms with Crippen molar-refractivity contribution >= 4 is 11.4 Å². The van der Waals surface area contributed by atoms with Gasteiger partial charge in [-0.1, -0.05) is 29.8 Å². The van der Waals surface area contributed by atoms with Crippen molar-refractivity contribution in [2.75, 3.05) is 26.0 Å². The Balaban J connectivity index is 1.97. The van der Waals surface area contributed by atoms with Crippen LogP contribution in [0.15, 0.2) is 29.4 Å². The Bertz CT molecular complexity index is 471. The highest BCUT2D eigenvalue weighted by atomic mass is 17.2. The molecule has 1 aromatic carbocycles. The number of rotatable bonds is 8. The molecule has 1 aliphatic carbocycles. The van der Waals surface area contributed by atoms with Crippen LogP contribution in [0.5, 0.6) is 0 Å². The smallest absolute Gasteiger partial charge is 0.178 e. The zero-order valence-electron chi connectivity index (χ0n) is 13.3. The van der Waals surface area contributed by atoms with Crippen LogP contribution < -0.4 is 5.06 Å². The minimum absolute atomic E-state index is 0.165. The topological polar surface area (TPSA) is 52.5 Å². The predicted octanol–water partition coefficient (Wildman–Crippen LogP) is 3.43. The first-order valence-corrected chi connectivity index (χ1v) is 7.58. The van der Waals surface area contributed by atoms with Crippen LogP contribution in [-0.4, -0.2) is 26.7 Å². The standard InChI is InChI=1S/C16H24N2O4/c1-19-18(13-22-20-2)16-11-7-6-8-14(16)12-21-17-15-9-4-3-5-10-15/h6-8,11H,3-5,9-10,12-13H2,1-2H3. The van der Waals surface area contributed by atoms with Gasteiger partial charge in [-0.05, 0) is 31.7 Å². The first-order valence-electron chi connectivity index (χ1n) is 7.58. The zero-order chi connectivity index (χ0) is 15.6. The molecule has 0 atom stereocenters. The van der Waals surface area contributed by atoms with E-state index in [-0.39, 0.29) is 6.73 Å². The van der Waals surface area contributed by atoms with Gasteiger partial charge >= 0.3 is 0 Å². The molecule has 0 bridgehead atoms. The van der Waals surface area contributed by atoms with E-state index in [0.29, 0.717) is 6.61 Å². The summed E-state index contributed by atoms with van der Waals surface area (Å²) >= 11 is 0. The molecule has 1 aromatic rings. The van der Waals surface area contributed by atoms with Crippen LogP contribution in [0.4, 0.5) is 5.69 Å². The molecule has 0 radical (unpaired) electrons. The highest BCUT2D eigenvalue weighted by Crippen LogP contribution is 2.22. The molecule has 0 aliphatic heterocycles. The fraction of sp³-hybridized carbons (Fsp3) is 0.562. The summed E-state index contributed by atoms with van der Waals surface area (Å²) in [4.78, 5) is 20.4. The molecular formula is C16H24N2O4. The average molecular weight is 308 g/mol. The minimum atomic E-state index is 0.165. The fourth-order valence-electron chi connectivity index (χ4n) is 2.44. The molecule has 6 nitrogen and oxygen atoms in total. The van der Waals surface area contributed by atoms with Gasteiger partial charge in [0.2, 0.25) is 0 Å². The Kier molecular flexibility index (Phi) is 7.15. The second-order valence-corrected chi connectivity index (χ2v) is 5.10. The lowest BCUT2D eigenvalue weighted by atomic mass is 9.99. The van der Waals surface area contributed by atoms with E-state index in [9.17, 15) is 0 Å². The van der Waals surface area contributed by atoms with Gasteiger partial charge in [0.05, 0.1) is 25.6 Å². The van der Waals surface area contributed by atoms with Crippen LogP contribution in [0.1, 0.15) is 37.7 Å². The van der Waals surface area contributed by atoms with Gasteiger partial charge in [0.1, 0.15) is 6.61 Å². The summed E-state index contributed by atoms with van der Waals surface area (Å²) in [5.74, 6) is 0. The third kappa shape index (κ3) is 4.98. The lowest BCUT2D eigenvalue weighted by molar-refractivity contribution is -0.280. The second-order valence-electron chi connectivity index (χ2n) is 5.10. The monoisotopic (exact) mass is 308 g/mol. The Labute approximate surface area is 131 Å². The summed E-state index contributed by atoms with van der Waals surface area (Å²) in [6, 6.07) is 7.82. The third-order valence-corrected chi connectivity index (χ3v) is 3.61. The maximum Gasteiger partial charge on any atom is 0.178 e. The summed E-state index contributed by atoms with van der Waals surface area (Å²) in [6.07, 6.45) is 5.82. The van der Waals surface area contributed by atoms with Gasteiger partial charge in [0.25, 0.3) is 0 Å². The van der Waals surface area contributed by atoms with Crippen LogP contribution in [0.25, 0.3) is 0 Å². The molecule has 2 rings (SSSR count). The summed E-state index contributed by atoms with van der Waals surface area (Å²) in [5.41, 5.74) is 3.00. The number of anilines is 1. The molecule has 22 heavy (non-hydrogen) atoms. The molecule has 0 amide bonds. The third-order valence-electron chi connectivity index (χ3n) is 3.61. The minimum Gasteiger partial charge on any atom is -0.391 e. The average Bonchev–Trinajstić information content (AvgIpc) is 2.58. The van der Waals surface area contributed by atoms with Crippen molar-refractivity contribution in [3.8, 4) is 0 Å². The van der Waals surface area contributed by atoms with E-state index >= 15 is 0 Å². The molecule has 0 saturated heterocycles. The molecule has 0 heterocycles. The number of hydrogen-bond acceptors (Lipinski definition) is 6. The summed E-state index contributed by atoms with van der Waals surface area (Å²) < 4.78 is 0. The highest BCUT2D eigenvalue weighted by Gasteiger charge is 2.12. The van der Waals surface area contributed by atoms with E-state index in [1.165, 1.54) is 26.4 Å². The largest absolute Gasteiger partial charge is 0.391 e. The van der Waals surface area contributed by atoms with E-state index in [0.717, 1.165) is 29.8 Å². The number of hydroxylamine groups is 1. The molecular weight excluding hydrogens is 284 g/mol. The van der Waals surface area contributed by atoms with Crippen LogP contribution >= 0.6 is 0 Å². The van der Waals surface area contributed by atoms with Crippen LogP contribution in [0.3, 0.4) is 0 Å². The second kappa shape index (κ2) is 9.40. The van der Waals surface area contributed by atoms with Crippen molar-refractivity contribution in [3.63, 3.8) is 0 Å². The normalized spacial score (nSPS) is 14.7. The summed E-state index contributed by atoms with van der Waals surface area (Å²) in [5, 5.41) is 5.86. The number of nitrogens with zero attached hydrogens (tertiary/aromatic N) is 2. The van der Waals surface area contributed by atoms with Gasteiger partial charge in [-0.15, -0.1) is 0 Å². The van der Waals surface area contributed by atoms with Crippen molar-refractivity contribution in [3.05, 3.63) is 29.8 Å². The van der Waals surface area contributed by atoms with Crippen LogP contribution in [-0.2, 0) is 26.1 Å². The number of para-hydroxylation sites is 1. The maximum atomic E-state index is 5.53. The van der Waals surface area contributed by atoms with Crippen molar-refractivity contribution in [2.45, 2.75) is 38.7 Å². The molecule has 122 valence electrons. The van der Waals surface area contributed by atoms with Crippen molar-refractivity contribution in [1.82, 2.24) is 0 Å². The van der Waals surface area contributed by atoms with E-state index in [2.05, 4.69) is 10.0 Å². The van der Waals surface area contributed by atoms with Gasteiger partial charge in [0, 0.05) is 5.56 Å². The number of benzene rings is 1. The molecule has 0 N–H and O–H groups in total. The lowest BCUT2D eigenvalue weighted by Gasteiger charge is -2.22. The van der Waals surface area contributed by atoms with Crippen molar-refractivity contribution in [1.29, 1.82) is 0 Å². The first-order chi connectivity index (χ1) is 10.8. The van der Waals surface area contributed by atoms with E-state index < -0.39 is 0 Å². The van der Waals surface area contributed by atoms with Crippen LogP contribution in [0, 0.1) is 0 Å². The molecule has 1 aliphatic rings. The Morgan fingerprint density at radius 1 is 1.09 bits per heavy atom. The number of hydrogen-bond donors (Lipinski definition) is 0. The van der Waals surface area contributed by atoms with E-state index in [4.69, 9.17) is 14.6 Å². The molecule has 1 fully saturated rings. The van der Waals surface area contributed by atoms with E-state index in [1.54, 1.807) is 12.2 Å². The van der Waals surface area contributed by atoms with Crippen LogP contribution in [0.2, 0.25) is 0 Å². The highest BCUT2D eigenvalue weighted by molar-refractivity contribution is 5.84. The first kappa shape index (κ1) is 16.7. The molecule has 0 spiro atoms. The SMILES string of the molecule is COOCN(OC)c1ccccc1CON=C1CCCCC1. The molecule has 0 aromatic heterocycles.